The lowest BCUT2D eigenvalue weighted by atomic mass is 10.0. The van der Waals surface area contributed by atoms with Crippen molar-refractivity contribution in [1.29, 1.82) is 0 Å². The van der Waals surface area contributed by atoms with Crippen molar-refractivity contribution in [1.82, 2.24) is 25.2 Å². The number of rotatable bonds is 7. The predicted octanol–water partition coefficient (Wildman–Crippen LogP) is 2.27. The monoisotopic (exact) mass is 387 g/mol. The van der Waals surface area contributed by atoms with Crippen LogP contribution in [-0.4, -0.2) is 59.2 Å². The maximum atomic E-state index is 12.1. The Balaban J connectivity index is 1.56. The van der Waals surface area contributed by atoms with Gasteiger partial charge in [0.05, 0.1) is 26.5 Å². The molecule has 2 heterocycles. The van der Waals surface area contributed by atoms with Crippen molar-refractivity contribution in [2.24, 2.45) is 0 Å². The van der Waals surface area contributed by atoms with Gasteiger partial charge >= 0.3 is 0 Å². The highest BCUT2D eigenvalue weighted by Gasteiger charge is 2.23. The smallest absolute Gasteiger partial charge is 0.273 e. The van der Waals surface area contributed by atoms with Crippen molar-refractivity contribution in [2.75, 3.05) is 27.3 Å². The van der Waals surface area contributed by atoms with Crippen molar-refractivity contribution >= 4 is 5.91 Å². The minimum absolute atomic E-state index is 0.0797. The molecule has 8 heteroatoms. The zero-order valence-electron chi connectivity index (χ0n) is 17.0. The van der Waals surface area contributed by atoms with Gasteiger partial charge in [0.1, 0.15) is 11.5 Å². The van der Waals surface area contributed by atoms with Gasteiger partial charge in [0.25, 0.3) is 5.91 Å². The second-order valence-electron chi connectivity index (χ2n) is 7.44. The quantitative estimate of drug-likeness (QED) is 0.785. The third-order valence-corrected chi connectivity index (χ3v) is 4.91. The predicted molar refractivity (Wildman–Crippen MR) is 106 cm³/mol. The molecular weight excluding hydrogens is 358 g/mol. The van der Waals surface area contributed by atoms with Crippen molar-refractivity contribution < 1.29 is 14.3 Å². The molecule has 0 atom stereocenters. The summed E-state index contributed by atoms with van der Waals surface area (Å²) in [5, 5.41) is 11.1. The van der Waals surface area contributed by atoms with Crippen LogP contribution in [0.1, 0.15) is 48.8 Å². The largest absolute Gasteiger partial charge is 0.497 e. The van der Waals surface area contributed by atoms with E-state index in [1.165, 1.54) is 5.56 Å². The van der Waals surface area contributed by atoms with Gasteiger partial charge in [-0.05, 0) is 44.4 Å². The fourth-order valence-electron chi connectivity index (χ4n) is 3.45. The van der Waals surface area contributed by atoms with Crippen LogP contribution in [0.4, 0.5) is 0 Å². The summed E-state index contributed by atoms with van der Waals surface area (Å²) in [5.41, 5.74) is 1.54. The molecule has 8 nitrogen and oxygen atoms in total. The van der Waals surface area contributed by atoms with E-state index in [-0.39, 0.29) is 18.0 Å². The molecule has 1 aliphatic rings. The molecule has 0 aliphatic carbocycles. The van der Waals surface area contributed by atoms with E-state index < -0.39 is 0 Å². The molecule has 0 spiro atoms. The third-order valence-electron chi connectivity index (χ3n) is 4.91. The maximum Gasteiger partial charge on any atom is 0.273 e. The highest BCUT2D eigenvalue weighted by molar-refractivity contribution is 5.91. The lowest BCUT2D eigenvalue weighted by Gasteiger charge is -2.31. The van der Waals surface area contributed by atoms with Gasteiger partial charge in [-0.3, -0.25) is 9.69 Å². The highest BCUT2D eigenvalue weighted by Crippen LogP contribution is 2.26. The van der Waals surface area contributed by atoms with Crippen molar-refractivity contribution in [3.05, 3.63) is 35.7 Å². The second-order valence-corrected chi connectivity index (χ2v) is 7.44. The second kappa shape index (κ2) is 9.05. The number of carbonyl (C=O) groups excluding carboxylic acids is 1. The maximum absolute atomic E-state index is 12.1. The minimum Gasteiger partial charge on any atom is -0.497 e. The van der Waals surface area contributed by atoms with Gasteiger partial charge in [-0.25, -0.2) is 4.68 Å². The molecule has 1 saturated heterocycles. The Hall–Kier alpha value is -2.61. The summed E-state index contributed by atoms with van der Waals surface area (Å²) < 4.78 is 12.5. The topological polar surface area (TPSA) is 81.5 Å². The Labute approximate surface area is 165 Å². The fraction of sp³-hybridized carbons (Fsp3) is 0.550. The van der Waals surface area contributed by atoms with E-state index in [1.54, 1.807) is 20.4 Å². The molecule has 0 saturated carbocycles. The Bertz CT molecular complexity index is 775. The van der Waals surface area contributed by atoms with E-state index in [2.05, 4.69) is 20.5 Å². The number of nitrogens with zero attached hydrogens (tertiary/aromatic N) is 4. The molecule has 1 N–H and O–H groups in total. The number of aromatic nitrogens is 3. The molecule has 152 valence electrons. The van der Waals surface area contributed by atoms with Gasteiger partial charge in [-0.2, -0.15) is 0 Å². The first-order chi connectivity index (χ1) is 13.5. The number of amides is 1. The number of hydrogen-bond donors (Lipinski definition) is 1. The number of carbonyl (C=O) groups is 1. The molecule has 1 amide bonds. The van der Waals surface area contributed by atoms with E-state index in [1.807, 2.05) is 36.7 Å². The third kappa shape index (κ3) is 5.01. The van der Waals surface area contributed by atoms with Gasteiger partial charge in [0.15, 0.2) is 5.69 Å². The normalized spacial score (nSPS) is 15.6. The van der Waals surface area contributed by atoms with E-state index in [0.717, 1.165) is 44.0 Å². The molecule has 0 bridgehead atoms. The Morgan fingerprint density at radius 2 is 1.82 bits per heavy atom. The summed E-state index contributed by atoms with van der Waals surface area (Å²) in [6.07, 6.45) is 3.69. The molecule has 1 aromatic heterocycles. The average molecular weight is 387 g/mol. The van der Waals surface area contributed by atoms with Crippen molar-refractivity contribution in [2.45, 2.75) is 45.3 Å². The lowest BCUT2D eigenvalue weighted by molar-refractivity contribution is 0.0938. The summed E-state index contributed by atoms with van der Waals surface area (Å²) in [4.78, 5) is 14.5. The molecule has 28 heavy (non-hydrogen) atoms. The van der Waals surface area contributed by atoms with E-state index in [9.17, 15) is 4.79 Å². The molecule has 0 unspecified atom stereocenters. The molecule has 1 aromatic carbocycles. The number of likely N-dealkylation sites (tertiary alicyclic amines) is 1. The zero-order valence-corrected chi connectivity index (χ0v) is 17.0. The Morgan fingerprint density at radius 3 is 2.39 bits per heavy atom. The summed E-state index contributed by atoms with van der Waals surface area (Å²) in [6.45, 7) is 6.61. The first kappa shape index (κ1) is 20.1. The van der Waals surface area contributed by atoms with Crippen LogP contribution in [0.25, 0.3) is 0 Å². The lowest BCUT2D eigenvalue weighted by Crippen LogP contribution is -2.34. The molecule has 2 aromatic rings. The van der Waals surface area contributed by atoms with Gasteiger partial charge in [0, 0.05) is 31.7 Å². The average Bonchev–Trinajstić information content (AvgIpc) is 3.18. The van der Waals surface area contributed by atoms with Crippen molar-refractivity contribution in [3.8, 4) is 11.5 Å². The summed E-state index contributed by atoms with van der Waals surface area (Å²) >= 11 is 0. The van der Waals surface area contributed by atoms with Crippen molar-refractivity contribution in [3.63, 3.8) is 0 Å². The van der Waals surface area contributed by atoms with Crippen LogP contribution in [-0.2, 0) is 6.54 Å². The summed E-state index contributed by atoms with van der Waals surface area (Å²) in [5.74, 6) is 1.43. The summed E-state index contributed by atoms with van der Waals surface area (Å²) in [6, 6.07) is 6.32. The number of methoxy groups -OCH3 is 2. The van der Waals surface area contributed by atoms with Crippen LogP contribution in [0.2, 0.25) is 0 Å². The van der Waals surface area contributed by atoms with Crippen LogP contribution >= 0.6 is 0 Å². The van der Waals surface area contributed by atoms with Gasteiger partial charge in [-0.15, -0.1) is 5.10 Å². The fourth-order valence-corrected chi connectivity index (χ4v) is 3.45. The summed E-state index contributed by atoms with van der Waals surface area (Å²) in [7, 11) is 3.33. The molecule has 1 fully saturated rings. The zero-order chi connectivity index (χ0) is 20.1. The van der Waals surface area contributed by atoms with Gasteiger partial charge in [0.2, 0.25) is 0 Å². The number of hydrogen-bond acceptors (Lipinski definition) is 6. The number of piperidine rings is 1. The molecule has 3 rings (SSSR count). The first-order valence-electron chi connectivity index (χ1n) is 9.65. The Kier molecular flexibility index (Phi) is 6.51. The van der Waals surface area contributed by atoms with Crippen LogP contribution in [0.15, 0.2) is 24.4 Å². The number of ether oxygens (including phenoxy) is 2. The minimum atomic E-state index is -0.175. The number of benzene rings is 1. The molecular formula is C20H29N5O3. The highest BCUT2D eigenvalue weighted by atomic mass is 16.5. The van der Waals surface area contributed by atoms with E-state index in [4.69, 9.17) is 9.47 Å². The van der Waals surface area contributed by atoms with Gasteiger partial charge < -0.3 is 14.8 Å². The van der Waals surface area contributed by atoms with E-state index in [0.29, 0.717) is 5.69 Å². The van der Waals surface area contributed by atoms with E-state index >= 15 is 0 Å². The standard InChI is InChI=1S/C20H29N5O3/c1-14(2)21-20(26)19-13-25(23-22-19)16-5-7-24(8-6-16)12-15-9-17(27-3)11-18(10-15)28-4/h9-11,13-14,16H,5-8,12H2,1-4H3,(H,21,26). The number of nitrogens with one attached hydrogen (secondary N) is 1. The Morgan fingerprint density at radius 1 is 1.18 bits per heavy atom. The first-order valence-corrected chi connectivity index (χ1v) is 9.65. The van der Waals surface area contributed by atoms with Crippen LogP contribution in [0.5, 0.6) is 11.5 Å². The molecule has 0 radical (unpaired) electrons. The van der Waals surface area contributed by atoms with Crippen LogP contribution in [0, 0.1) is 0 Å². The van der Waals surface area contributed by atoms with Crippen LogP contribution < -0.4 is 14.8 Å². The van der Waals surface area contributed by atoms with Crippen LogP contribution in [0.3, 0.4) is 0 Å². The van der Waals surface area contributed by atoms with Gasteiger partial charge in [-0.1, -0.05) is 5.21 Å². The SMILES string of the molecule is COc1cc(CN2CCC(n3cc(C(=O)NC(C)C)nn3)CC2)cc(OC)c1. The molecule has 1 aliphatic heterocycles.